The van der Waals surface area contributed by atoms with Crippen LogP contribution < -0.4 is 0 Å². The summed E-state index contributed by atoms with van der Waals surface area (Å²) in [7, 11) is 0. The van der Waals surface area contributed by atoms with Gasteiger partial charge in [-0.3, -0.25) is 0 Å². The van der Waals surface area contributed by atoms with Gasteiger partial charge in [-0.05, 0) is 19.8 Å². The highest BCUT2D eigenvalue weighted by Gasteiger charge is 2.30. The summed E-state index contributed by atoms with van der Waals surface area (Å²) in [5.41, 5.74) is 2.17. The first-order valence-electron chi connectivity index (χ1n) is 5.42. The Balaban J connectivity index is 2.05. The Kier molecular flexibility index (Phi) is 3.59. The summed E-state index contributed by atoms with van der Waals surface area (Å²) in [6.07, 6.45) is 2.48. The molecule has 1 saturated carbocycles. The Hall–Kier alpha value is -0.610. The zero-order chi connectivity index (χ0) is 10.7. The lowest BCUT2D eigenvalue weighted by molar-refractivity contribution is 0.135. The van der Waals surface area contributed by atoms with Gasteiger partial charge in [0.25, 0.3) is 0 Å². The number of hydrogen-bond donors (Lipinski definition) is 0. The van der Waals surface area contributed by atoms with Crippen LogP contribution >= 0.6 is 11.6 Å². The fourth-order valence-corrected chi connectivity index (χ4v) is 1.91. The van der Waals surface area contributed by atoms with Crippen molar-refractivity contribution in [3.05, 3.63) is 11.4 Å². The summed E-state index contributed by atoms with van der Waals surface area (Å²) in [4.78, 5) is 0. The molecule has 4 nitrogen and oxygen atoms in total. The third kappa shape index (κ3) is 2.49. The van der Waals surface area contributed by atoms with Crippen molar-refractivity contribution in [1.29, 1.82) is 0 Å². The van der Waals surface area contributed by atoms with Gasteiger partial charge >= 0.3 is 0 Å². The largest absolute Gasteiger partial charge is 0.380 e. The summed E-state index contributed by atoms with van der Waals surface area (Å²) in [6, 6.07) is 0. The molecule has 0 aromatic carbocycles. The highest BCUT2D eigenvalue weighted by molar-refractivity contribution is 6.16. The van der Waals surface area contributed by atoms with Gasteiger partial charge in [-0.25, -0.2) is 4.68 Å². The molecule has 84 valence electrons. The SMILES string of the molecule is CCOCCn1nnc(CCl)c1C1CC1. The Morgan fingerprint density at radius 2 is 2.33 bits per heavy atom. The van der Waals surface area contributed by atoms with Crippen LogP contribution in [-0.4, -0.2) is 28.2 Å². The number of ether oxygens (including phenoxy) is 1. The van der Waals surface area contributed by atoms with Gasteiger partial charge in [-0.15, -0.1) is 16.7 Å². The van der Waals surface area contributed by atoms with Crippen LogP contribution in [0.2, 0.25) is 0 Å². The third-order valence-corrected chi connectivity index (χ3v) is 2.84. The van der Waals surface area contributed by atoms with Gasteiger partial charge in [-0.2, -0.15) is 0 Å². The first kappa shape index (κ1) is 10.9. The lowest BCUT2D eigenvalue weighted by Gasteiger charge is -2.06. The van der Waals surface area contributed by atoms with Crippen molar-refractivity contribution in [1.82, 2.24) is 15.0 Å². The molecule has 0 radical (unpaired) electrons. The van der Waals surface area contributed by atoms with Crippen molar-refractivity contribution in [3.8, 4) is 0 Å². The zero-order valence-corrected chi connectivity index (χ0v) is 9.70. The number of aromatic nitrogens is 3. The minimum absolute atomic E-state index is 0.459. The normalized spacial score (nSPS) is 15.9. The molecule has 0 unspecified atom stereocenters. The van der Waals surface area contributed by atoms with E-state index < -0.39 is 0 Å². The van der Waals surface area contributed by atoms with E-state index in [9.17, 15) is 0 Å². The van der Waals surface area contributed by atoms with Crippen molar-refractivity contribution in [2.75, 3.05) is 13.2 Å². The minimum Gasteiger partial charge on any atom is -0.380 e. The van der Waals surface area contributed by atoms with E-state index in [1.807, 2.05) is 11.6 Å². The Morgan fingerprint density at radius 1 is 1.53 bits per heavy atom. The number of nitrogens with zero attached hydrogens (tertiary/aromatic N) is 3. The maximum absolute atomic E-state index is 5.83. The lowest BCUT2D eigenvalue weighted by Crippen LogP contribution is -2.10. The zero-order valence-electron chi connectivity index (χ0n) is 8.95. The molecule has 1 fully saturated rings. The van der Waals surface area contributed by atoms with Crippen LogP contribution in [0.1, 0.15) is 37.1 Å². The molecule has 1 aliphatic rings. The standard InChI is InChI=1S/C10H16ClN3O/c1-2-15-6-5-14-10(8-3-4-8)9(7-11)12-13-14/h8H,2-7H2,1H3. The molecule has 1 aromatic rings. The average molecular weight is 230 g/mol. The van der Waals surface area contributed by atoms with Crippen LogP contribution in [-0.2, 0) is 17.2 Å². The highest BCUT2D eigenvalue weighted by atomic mass is 35.5. The smallest absolute Gasteiger partial charge is 0.101 e. The highest BCUT2D eigenvalue weighted by Crippen LogP contribution is 2.41. The first-order valence-corrected chi connectivity index (χ1v) is 5.96. The molecular formula is C10H16ClN3O. The molecule has 0 bridgehead atoms. The molecule has 0 spiro atoms. The van der Waals surface area contributed by atoms with Crippen molar-refractivity contribution < 1.29 is 4.74 Å². The number of rotatable bonds is 6. The van der Waals surface area contributed by atoms with Gasteiger partial charge < -0.3 is 4.74 Å². The molecule has 0 N–H and O–H groups in total. The lowest BCUT2D eigenvalue weighted by atomic mass is 10.2. The van der Waals surface area contributed by atoms with Crippen LogP contribution in [0.5, 0.6) is 0 Å². The monoisotopic (exact) mass is 229 g/mol. The van der Waals surface area contributed by atoms with Crippen LogP contribution in [0.3, 0.4) is 0 Å². The van der Waals surface area contributed by atoms with Crippen LogP contribution in [0.15, 0.2) is 0 Å². The van der Waals surface area contributed by atoms with E-state index in [-0.39, 0.29) is 0 Å². The second kappa shape index (κ2) is 4.94. The molecule has 5 heteroatoms. The number of alkyl halides is 1. The third-order valence-electron chi connectivity index (χ3n) is 2.59. The predicted molar refractivity (Wildman–Crippen MR) is 58.0 cm³/mol. The molecule has 0 atom stereocenters. The predicted octanol–water partition coefficient (Wildman–Crippen LogP) is 1.93. The van der Waals surface area contributed by atoms with Crippen LogP contribution in [0.25, 0.3) is 0 Å². The molecular weight excluding hydrogens is 214 g/mol. The second-order valence-corrected chi connectivity index (χ2v) is 4.02. The van der Waals surface area contributed by atoms with Gasteiger partial charge in [0.2, 0.25) is 0 Å². The molecule has 1 heterocycles. The summed E-state index contributed by atoms with van der Waals surface area (Å²) in [6.45, 7) is 4.22. The van der Waals surface area contributed by atoms with E-state index in [1.54, 1.807) is 0 Å². The van der Waals surface area contributed by atoms with E-state index >= 15 is 0 Å². The van der Waals surface area contributed by atoms with Gasteiger partial charge in [0.05, 0.1) is 24.7 Å². The minimum atomic E-state index is 0.459. The molecule has 0 saturated heterocycles. The first-order chi connectivity index (χ1) is 7.36. The van der Waals surface area contributed by atoms with E-state index in [1.165, 1.54) is 18.5 Å². The summed E-state index contributed by atoms with van der Waals surface area (Å²) in [5, 5.41) is 8.22. The van der Waals surface area contributed by atoms with E-state index in [4.69, 9.17) is 16.3 Å². The number of halogens is 1. The Bertz CT molecular complexity index is 322. The average Bonchev–Trinajstić information content (AvgIpc) is 3.00. The maximum Gasteiger partial charge on any atom is 0.101 e. The van der Waals surface area contributed by atoms with Crippen molar-refractivity contribution in [2.24, 2.45) is 0 Å². The molecule has 1 aliphatic carbocycles. The Labute approximate surface area is 94.6 Å². The van der Waals surface area contributed by atoms with E-state index in [0.29, 0.717) is 18.4 Å². The van der Waals surface area contributed by atoms with Gasteiger partial charge in [0.15, 0.2) is 0 Å². The van der Waals surface area contributed by atoms with Crippen molar-refractivity contribution >= 4 is 11.6 Å². The summed E-state index contributed by atoms with van der Waals surface area (Å²) in [5.74, 6) is 1.09. The second-order valence-electron chi connectivity index (χ2n) is 3.75. The fourth-order valence-electron chi connectivity index (χ4n) is 1.72. The summed E-state index contributed by atoms with van der Waals surface area (Å²) < 4.78 is 7.26. The molecule has 15 heavy (non-hydrogen) atoms. The molecule has 0 aliphatic heterocycles. The van der Waals surface area contributed by atoms with Crippen molar-refractivity contribution in [3.63, 3.8) is 0 Å². The van der Waals surface area contributed by atoms with Gasteiger partial charge in [0.1, 0.15) is 5.69 Å². The fraction of sp³-hybridized carbons (Fsp3) is 0.800. The van der Waals surface area contributed by atoms with Crippen LogP contribution in [0.4, 0.5) is 0 Å². The quantitative estimate of drug-likeness (QED) is 0.553. The van der Waals surface area contributed by atoms with Gasteiger partial charge in [0, 0.05) is 12.5 Å². The van der Waals surface area contributed by atoms with E-state index in [2.05, 4.69) is 10.3 Å². The topological polar surface area (TPSA) is 39.9 Å². The maximum atomic E-state index is 5.83. The van der Waals surface area contributed by atoms with E-state index in [0.717, 1.165) is 18.8 Å². The van der Waals surface area contributed by atoms with Crippen molar-refractivity contribution in [2.45, 2.75) is 38.1 Å². The molecule has 1 aromatic heterocycles. The van der Waals surface area contributed by atoms with Crippen LogP contribution in [0, 0.1) is 0 Å². The summed E-state index contributed by atoms with van der Waals surface area (Å²) >= 11 is 5.83. The van der Waals surface area contributed by atoms with Gasteiger partial charge in [-0.1, -0.05) is 5.21 Å². The Morgan fingerprint density at radius 3 is 2.93 bits per heavy atom. The molecule has 0 amide bonds. The number of hydrogen-bond acceptors (Lipinski definition) is 3. The molecule has 2 rings (SSSR count).